The zero-order valence-electron chi connectivity index (χ0n) is 16.7. The average molecular weight is 475 g/mol. The van der Waals surface area contributed by atoms with E-state index in [-0.39, 0.29) is 12.1 Å². The van der Waals surface area contributed by atoms with Gasteiger partial charge in [0.15, 0.2) is 5.82 Å². The van der Waals surface area contributed by atoms with Gasteiger partial charge in [-0.05, 0) is 12.8 Å². The molecule has 3 aliphatic rings. The molecule has 15 heteroatoms. The van der Waals surface area contributed by atoms with E-state index in [1.807, 2.05) is 4.57 Å². The fourth-order valence-electron chi connectivity index (χ4n) is 3.37. The third kappa shape index (κ3) is 4.53. The van der Waals surface area contributed by atoms with Gasteiger partial charge < -0.3 is 25.0 Å². The van der Waals surface area contributed by atoms with E-state index in [0.29, 0.717) is 35.4 Å². The Kier molecular flexibility index (Phi) is 5.79. The number of carboxylic acid groups (broad SMARTS) is 1. The highest BCUT2D eigenvalue weighted by Crippen LogP contribution is 2.41. The number of rotatable bonds is 4. The third-order valence-corrected chi connectivity index (χ3v) is 6.84. The van der Waals surface area contributed by atoms with Crippen LogP contribution >= 0.6 is 0 Å². The van der Waals surface area contributed by atoms with Gasteiger partial charge in [0.1, 0.15) is 17.0 Å². The van der Waals surface area contributed by atoms with E-state index < -0.39 is 22.9 Å². The summed E-state index contributed by atoms with van der Waals surface area (Å²) >= 11 is 0. The number of halogens is 3. The van der Waals surface area contributed by atoms with Gasteiger partial charge in [-0.2, -0.15) is 18.2 Å². The summed E-state index contributed by atoms with van der Waals surface area (Å²) < 4.78 is 46.2. The summed E-state index contributed by atoms with van der Waals surface area (Å²) in [5.41, 5.74) is 0.542. The van der Waals surface area contributed by atoms with Crippen LogP contribution in [0.5, 0.6) is 0 Å². The van der Waals surface area contributed by atoms with Crippen LogP contribution in [0.3, 0.4) is 0 Å². The predicted molar refractivity (Wildman–Crippen MR) is 104 cm³/mol. The Morgan fingerprint density at radius 1 is 1.28 bits per heavy atom. The molecule has 5 rings (SSSR count). The first-order valence-electron chi connectivity index (χ1n) is 9.72. The Bertz CT molecular complexity index is 1060. The molecule has 174 valence electrons. The van der Waals surface area contributed by atoms with Gasteiger partial charge in [-0.3, -0.25) is 4.21 Å². The topological polar surface area (TPSA) is 146 Å². The molecule has 1 atom stereocenters. The highest BCUT2D eigenvalue weighted by Gasteiger charge is 2.44. The number of hydrogen-bond acceptors (Lipinski definition) is 9. The normalized spacial score (nSPS) is 20.6. The minimum Gasteiger partial charge on any atom is -0.475 e. The second-order valence-electron chi connectivity index (χ2n) is 7.68. The van der Waals surface area contributed by atoms with Gasteiger partial charge >= 0.3 is 12.1 Å². The van der Waals surface area contributed by atoms with Crippen LogP contribution in [0, 0.1) is 0 Å². The molecule has 3 N–H and O–H groups in total. The number of alkyl halides is 3. The van der Waals surface area contributed by atoms with Crippen molar-refractivity contribution in [3.63, 3.8) is 0 Å². The summed E-state index contributed by atoms with van der Waals surface area (Å²) in [6, 6.07) is 0. The number of aryl methyl sites for hydroxylation is 1. The van der Waals surface area contributed by atoms with Gasteiger partial charge in [-0.1, -0.05) is 0 Å². The van der Waals surface area contributed by atoms with Crippen LogP contribution < -0.4 is 10.2 Å². The second-order valence-corrected chi connectivity index (χ2v) is 9.18. The SMILES string of the molecule is O=C(O)C(F)(F)F.O=S1CCc2nc(N3CCn4cnnc4C3)nc(NC3(CO)CC3)c21. The maximum absolute atomic E-state index is 12.4. The minimum absolute atomic E-state index is 0.0561. The summed E-state index contributed by atoms with van der Waals surface area (Å²) in [4.78, 5) is 21.1. The van der Waals surface area contributed by atoms with Crippen molar-refractivity contribution in [3.05, 3.63) is 17.8 Å². The van der Waals surface area contributed by atoms with Gasteiger partial charge in [0.05, 0.1) is 35.2 Å². The van der Waals surface area contributed by atoms with Gasteiger partial charge in [-0.25, -0.2) is 9.78 Å². The number of aliphatic hydroxyl groups is 1. The smallest absolute Gasteiger partial charge is 0.475 e. The van der Waals surface area contributed by atoms with Gasteiger partial charge in [0.2, 0.25) is 5.95 Å². The molecule has 0 saturated heterocycles. The Balaban J connectivity index is 0.000000307. The molecular weight excluding hydrogens is 455 g/mol. The van der Waals surface area contributed by atoms with Gasteiger partial charge in [-0.15, -0.1) is 10.2 Å². The van der Waals surface area contributed by atoms with E-state index in [9.17, 15) is 22.5 Å². The number of carboxylic acids is 1. The monoisotopic (exact) mass is 475 g/mol. The highest BCUT2D eigenvalue weighted by atomic mass is 32.2. The van der Waals surface area contributed by atoms with E-state index in [0.717, 1.165) is 37.4 Å². The quantitative estimate of drug-likeness (QED) is 0.565. The Labute approximate surface area is 182 Å². The second kappa shape index (κ2) is 8.27. The number of aromatic nitrogens is 5. The molecule has 2 aromatic heterocycles. The lowest BCUT2D eigenvalue weighted by atomic mass is 10.2. The first kappa shape index (κ1) is 22.4. The molecule has 2 aliphatic heterocycles. The van der Waals surface area contributed by atoms with Crippen LogP contribution in [0.25, 0.3) is 0 Å². The number of aliphatic hydroxyl groups excluding tert-OH is 1. The maximum Gasteiger partial charge on any atom is 0.490 e. The molecule has 1 unspecified atom stereocenters. The number of aliphatic carboxylic acids is 1. The lowest BCUT2D eigenvalue weighted by Crippen LogP contribution is -2.35. The summed E-state index contributed by atoms with van der Waals surface area (Å²) in [5.74, 6) is -0.0321. The first-order chi connectivity index (χ1) is 15.1. The predicted octanol–water partition coefficient (Wildman–Crippen LogP) is 0.322. The van der Waals surface area contributed by atoms with Crippen LogP contribution in [0.4, 0.5) is 24.9 Å². The molecule has 0 radical (unpaired) electrons. The summed E-state index contributed by atoms with van der Waals surface area (Å²) in [5, 5.41) is 28.2. The number of nitrogens with one attached hydrogen (secondary N) is 1. The summed E-state index contributed by atoms with van der Waals surface area (Å²) in [7, 11) is -1.08. The molecule has 0 aromatic carbocycles. The zero-order valence-corrected chi connectivity index (χ0v) is 17.5. The third-order valence-electron chi connectivity index (χ3n) is 5.38. The average Bonchev–Trinajstić information content (AvgIpc) is 3.17. The van der Waals surface area contributed by atoms with Crippen LogP contribution in [0.1, 0.15) is 24.4 Å². The van der Waals surface area contributed by atoms with Gasteiger partial charge in [0.25, 0.3) is 0 Å². The number of fused-ring (bicyclic) bond motifs is 2. The zero-order chi connectivity index (χ0) is 23.1. The molecule has 0 bridgehead atoms. The Morgan fingerprint density at radius 2 is 2.00 bits per heavy atom. The van der Waals surface area contributed by atoms with Crippen molar-refractivity contribution in [2.75, 3.05) is 29.1 Å². The molecule has 1 saturated carbocycles. The summed E-state index contributed by atoms with van der Waals surface area (Å²) in [6.45, 7) is 2.22. The molecular formula is C17H20F3N7O4S. The summed E-state index contributed by atoms with van der Waals surface area (Å²) in [6.07, 6.45) is -0.846. The fourth-order valence-corrected chi connectivity index (χ4v) is 4.68. The van der Waals surface area contributed by atoms with Crippen molar-refractivity contribution in [2.24, 2.45) is 0 Å². The molecule has 0 amide bonds. The molecule has 4 heterocycles. The highest BCUT2D eigenvalue weighted by molar-refractivity contribution is 7.85. The first-order valence-corrected chi connectivity index (χ1v) is 11.0. The van der Waals surface area contributed by atoms with Crippen molar-refractivity contribution in [2.45, 2.75) is 49.0 Å². The molecule has 11 nitrogen and oxygen atoms in total. The van der Waals surface area contributed by atoms with Crippen molar-refractivity contribution >= 4 is 28.5 Å². The number of anilines is 2. The number of hydrogen-bond donors (Lipinski definition) is 3. The van der Waals surface area contributed by atoms with Crippen LogP contribution in [-0.4, -0.2) is 75.7 Å². The van der Waals surface area contributed by atoms with Gasteiger partial charge in [0, 0.05) is 25.3 Å². The van der Waals surface area contributed by atoms with Crippen molar-refractivity contribution in [1.82, 2.24) is 24.7 Å². The molecule has 1 aliphatic carbocycles. The van der Waals surface area contributed by atoms with E-state index >= 15 is 0 Å². The van der Waals surface area contributed by atoms with Crippen molar-refractivity contribution < 1.29 is 32.4 Å². The molecule has 1 fully saturated rings. The van der Waals surface area contributed by atoms with E-state index in [2.05, 4.69) is 25.4 Å². The van der Waals surface area contributed by atoms with E-state index in [1.54, 1.807) is 6.33 Å². The largest absolute Gasteiger partial charge is 0.490 e. The Hall–Kier alpha value is -2.81. The fraction of sp³-hybridized carbons (Fsp3) is 0.588. The lowest BCUT2D eigenvalue weighted by molar-refractivity contribution is -0.192. The molecule has 32 heavy (non-hydrogen) atoms. The number of carbonyl (C=O) groups is 1. The van der Waals surface area contributed by atoms with Crippen molar-refractivity contribution in [3.8, 4) is 0 Å². The van der Waals surface area contributed by atoms with Crippen LogP contribution in [-0.2, 0) is 35.1 Å². The lowest BCUT2D eigenvalue weighted by Gasteiger charge is -2.28. The van der Waals surface area contributed by atoms with Crippen LogP contribution in [0.15, 0.2) is 11.2 Å². The molecule has 2 aromatic rings. The van der Waals surface area contributed by atoms with E-state index in [1.165, 1.54) is 0 Å². The Morgan fingerprint density at radius 3 is 2.62 bits per heavy atom. The standard InChI is InChI=1S/C15H19N7O2S.C2HF3O2/c23-8-15(2-3-15)19-13-12-10(1-6-25(12)24)17-14(18-13)21-4-5-22-9-16-20-11(22)7-21;3-2(4,5)1(6)7/h9,23H,1-8H2,(H,17,18,19);(H,6,7). The number of nitrogens with zero attached hydrogens (tertiary/aromatic N) is 6. The van der Waals surface area contributed by atoms with Crippen molar-refractivity contribution in [1.29, 1.82) is 0 Å². The maximum atomic E-state index is 12.4. The van der Waals surface area contributed by atoms with Crippen LogP contribution in [0.2, 0.25) is 0 Å². The molecule has 0 spiro atoms. The van der Waals surface area contributed by atoms with E-state index in [4.69, 9.17) is 14.9 Å². The minimum atomic E-state index is -5.08.